The van der Waals surface area contributed by atoms with Gasteiger partial charge in [-0.1, -0.05) is 19.4 Å². The van der Waals surface area contributed by atoms with Gasteiger partial charge < -0.3 is 20.9 Å². The Morgan fingerprint density at radius 3 is 2.80 bits per heavy atom. The lowest BCUT2D eigenvalue weighted by Gasteiger charge is -2.24. The summed E-state index contributed by atoms with van der Waals surface area (Å²) in [6.07, 6.45) is 10.2. The third-order valence-corrected chi connectivity index (χ3v) is 5.75. The topological polar surface area (TPSA) is 97.4 Å². The van der Waals surface area contributed by atoms with Gasteiger partial charge in [-0.15, -0.1) is 0 Å². The first-order valence-electron chi connectivity index (χ1n) is 10.6. The summed E-state index contributed by atoms with van der Waals surface area (Å²) in [6, 6.07) is 4.41. The van der Waals surface area contributed by atoms with Crippen LogP contribution in [0.25, 0.3) is 0 Å². The molecule has 1 unspecified atom stereocenters. The number of hydrogen-bond donors (Lipinski definition) is 3. The molecule has 0 saturated carbocycles. The number of hydrogen-bond acceptors (Lipinski definition) is 6. The van der Waals surface area contributed by atoms with Crippen LogP contribution in [0.1, 0.15) is 44.2 Å². The third-order valence-electron chi connectivity index (χ3n) is 5.75. The molecule has 0 aliphatic carbocycles. The smallest absolute Gasteiger partial charge is 0.0878 e. The Bertz CT molecular complexity index is 925. The molecule has 2 aromatic rings. The van der Waals surface area contributed by atoms with Crippen molar-refractivity contribution in [2.24, 2.45) is 4.99 Å². The van der Waals surface area contributed by atoms with E-state index in [1.807, 2.05) is 24.5 Å². The molecule has 4 N–H and O–H groups in total. The van der Waals surface area contributed by atoms with Gasteiger partial charge in [-0.3, -0.25) is 5.10 Å². The normalized spacial score (nSPS) is 17.8. The third kappa shape index (κ3) is 4.62. The van der Waals surface area contributed by atoms with E-state index in [1.54, 1.807) is 0 Å². The first kappa shape index (κ1) is 21.8. The number of nitrogens with two attached hydrogens (primary N) is 1. The lowest BCUT2D eigenvalue weighted by Crippen LogP contribution is -2.31. The Hall–Kier alpha value is -2.93. The number of nitrogens with zero attached hydrogens (tertiary/aromatic N) is 4. The maximum Gasteiger partial charge on any atom is 0.0878 e. The number of aromatic nitrogens is 2. The molecule has 1 aromatic heterocycles. The number of allylic oxidation sites excluding steroid dienone is 2. The molecule has 7 nitrogen and oxygen atoms in total. The second-order valence-corrected chi connectivity index (χ2v) is 7.98. The molecule has 1 saturated heterocycles. The molecule has 1 fully saturated rings. The molecule has 1 aromatic carbocycles. The monoisotopic (exact) mass is 407 g/mol. The van der Waals surface area contributed by atoms with E-state index in [0.717, 1.165) is 55.0 Å². The fourth-order valence-electron chi connectivity index (χ4n) is 3.95. The van der Waals surface area contributed by atoms with E-state index >= 15 is 0 Å². The van der Waals surface area contributed by atoms with Gasteiger partial charge >= 0.3 is 0 Å². The van der Waals surface area contributed by atoms with Gasteiger partial charge in [0.1, 0.15) is 0 Å². The highest BCUT2D eigenvalue weighted by Gasteiger charge is 2.26. The summed E-state index contributed by atoms with van der Waals surface area (Å²) in [5.74, 6) is 0. The van der Waals surface area contributed by atoms with Crippen LogP contribution >= 0.6 is 0 Å². The number of anilines is 2. The van der Waals surface area contributed by atoms with Crippen molar-refractivity contribution in [2.45, 2.75) is 39.2 Å². The van der Waals surface area contributed by atoms with Crippen molar-refractivity contribution in [1.29, 1.82) is 5.41 Å². The highest BCUT2D eigenvalue weighted by molar-refractivity contribution is 6.14. The number of aromatic amines is 1. The molecule has 1 aliphatic heterocycles. The van der Waals surface area contributed by atoms with Crippen LogP contribution in [0.15, 0.2) is 41.2 Å². The largest absolute Gasteiger partial charge is 0.398 e. The first-order chi connectivity index (χ1) is 14.5. The van der Waals surface area contributed by atoms with Gasteiger partial charge in [0.2, 0.25) is 0 Å². The van der Waals surface area contributed by atoms with Crippen molar-refractivity contribution < 1.29 is 0 Å². The molecule has 0 radical (unpaired) electrons. The van der Waals surface area contributed by atoms with Crippen LogP contribution in [0, 0.1) is 5.41 Å². The molecule has 30 heavy (non-hydrogen) atoms. The van der Waals surface area contributed by atoms with Crippen LogP contribution in [-0.4, -0.2) is 60.3 Å². The zero-order valence-electron chi connectivity index (χ0n) is 18.4. The Kier molecular flexibility index (Phi) is 7.05. The summed E-state index contributed by atoms with van der Waals surface area (Å²) in [6.45, 7) is 6.12. The van der Waals surface area contributed by atoms with Gasteiger partial charge in [-0.2, -0.15) is 5.10 Å². The first-order valence-corrected chi connectivity index (χ1v) is 10.6. The zero-order chi connectivity index (χ0) is 21.7. The van der Waals surface area contributed by atoms with E-state index in [1.165, 1.54) is 11.8 Å². The van der Waals surface area contributed by atoms with Crippen LogP contribution in [0.3, 0.4) is 0 Å². The summed E-state index contributed by atoms with van der Waals surface area (Å²) >= 11 is 0. The Labute approximate surface area is 179 Å². The highest BCUT2D eigenvalue weighted by Crippen LogP contribution is 2.36. The van der Waals surface area contributed by atoms with Gasteiger partial charge in [0.15, 0.2) is 0 Å². The minimum absolute atomic E-state index is 0.505. The molecule has 0 bridgehead atoms. The average molecular weight is 408 g/mol. The molecule has 2 heterocycles. The van der Waals surface area contributed by atoms with Crippen LogP contribution in [0.2, 0.25) is 0 Å². The van der Waals surface area contributed by atoms with Crippen LogP contribution in [0.4, 0.5) is 17.1 Å². The summed E-state index contributed by atoms with van der Waals surface area (Å²) in [7, 11) is 4.25. The molecule has 0 amide bonds. The highest BCUT2D eigenvalue weighted by atomic mass is 15.2. The van der Waals surface area contributed by atoms with Gasteiger partial charge in [0.25, 0.3) is 0 Å². The van der Waals surface area contributed by atoms with Gasteiger partial charge in [0, 0.05) is 48.4 Å². The minimum atomic E-state index is 0.505. The van der Waals surface area contributed by atoms with Crippen molar-refractivity contribution in [3.05, 3.63) is 47.3 Å². The predicted molar refractivity (Wildman–Crippen MR) is 126 cm³/mol. The molecule has 1 atom stereocenters. The number of H-pyrrole nitrogens is 1. The fourth-order valence-corrected chi connectivity index (χ4v) is 3.95. The Balaban J connectivity index is 2.13. The molecular weight excluding hydrogens is 374 g/mol. The number of aliphatic imine (C=N–C) groups is 1. The molecule has 3 rings (SSSR count). The molecule has 0 spiro atoms. The van der Waals surface area contributed by atoms with Crippen molar-refractivity contribution in [1.82, 2.24) is 15.1 Å². The predicted octanol–water partition coefficient (Wildman–Crippen LogP) is 4.00. The Morgan fingerprint density at radius 2 is 2.23 bits per heavy atom. The van der Waals surface area contributed by atoms with Gasteiger partial charge in [-0.25, -0.2) is 4.99 Å². The number of nitrogen functional groups attached to an aromatic ring is 1. The summed E-state index contributed by atoms with van der Waals surface area (Å²) in [4.78, 5) is 9.76. The molecule has 1 aliphatic rings. The summed E-state index contributed by atoms with van der Waals surface area (Å²) in [5.41, 5.74) is 12.5. The van der Waals surface area contributed by atoms with Crippen LogP contribution in [0.5, 0.6) is 0 Å². The molecule has 160 valence electrons. The lowest BCUT2D eigenvalue weighted by molar-refractivity contribution is 0.315. The number of rotatable bonds is 8. The van der Waals surface area contributed by atoms with E-state index in [4.69, 9.17) is 16.1 Å². The van der Waals surface area contributed by atoms with Gasteiger partial charge in [-0.05, 0) is 51.6 Å². The van der Waals surface area contributed by atoms with E-state index < -0.39 is 0 Å². The molecule has 7 heteroatoms. The molecular formula is C23H33N7. The van der Waals surface area contributed by atoms with E-state index in [-0.39, 0.29) is 0 Å². The number of benzene rings is 1. The van der Waals surface area contributed by atoms with E-state index in [0.29, 0.717) is 17.3 Å². The maximum absolute atomic E-state index is 7.76. The summed E-state index contributed by atoms with van der Waals surface area (Å²) < 4.78 is 0. The Morgan fingerprint density at radius 1 is 1.43 bits per heavy atom. The van der Waals surface area contributed by atoms with Crippen molar-refractivity contribution in [2.75, 3.05) is 37.8 Å². The SMILES string of the molecule is C/C=C(CCC)/C(=N\c1cc(C=N)c(N)cc1N1CCC(N(C)C)C1)c1cn[nH]c1. The second kappa shape index (κ2) is 9.71. The zero-order valence-corrected chi connectivity index (χ0v) is 18.4. The van der Waals surface area contributed by atoms with E-state index in [2.05, 4.69) is 54.0 Å². The quantitative estimate of drug-likeness (QED) is 0.455. The van der Waals surface area contributed by atoms with Gasteiger partial charge in [0.05, 0.1) is 23.3 Å². The fraction of sp³-hybridized carbons (Fsp3) is 0.435. The average Bonchev–Trinajstić information content (AvgIpc) is 3.43. The maximum atomic E-state index is 7.76. The summed E-state index contributed by atoms with van der Waals surface area (Å²) in [5, 5.41) is 14.8. The van der Waals surface area contributed by atoms with Crippen LogP contribution < -0.4 is 10.6 Å². The number of nitrogens with one attached hydrogen (secondary N) is 2. The van der Waals surface area contributed by atoms with Crippen molar-refractivity contribution in [3.8, 4) is 0 Å². The van der Waals surface area contributed by atoms with Crippen LogP contribution in [-0.2, 0) is 0 Å². The minimum Gasteiger partial charge on any atom is -0.398 e. The number of likely N-dealkylation sites (N-methyl/N-ethyl adjacent to an activating group) is 1. The lowest BCUT2D eigenvalue weighted by atomic mass is 10.0. The van der Waals surface area contributed by atoms with Crippen molar-refractivity contribution in [3.63, 3.8) is 0 Å². The standard InChI is InChI=1S/C23H33N7/c1-5-7-16(6-2)23(18-13-26-27-14-18)28-21-10-17(12-24)20(25)11-22(21)30-9-8-19(15-30)29(3)4/h6,10-14,19,24H,5,7-9,15,25H2,1-4H3,(H,26,27)/b16-6+,24-12?,28-23+. The van der Waals surface area contributed by atoms with Crippen molar-refractivity contribution >= 4 is 29.0 Å². The second-order valence-electron chi connectivity index (χ2n) is 7.98. The van der Waals surface area contributed by atoms with E-state index in [9.17, 15) is 0 Å².